The van der Waals surface area contributed by atoms with Gasteiger partial charge in [-0.2, -0.15) is 5.26 Å². The second kappa shape index (κ2) is 15.3. The van der Waals surface area contributed by atoms with Crippen molar-refractivity contribution < 1.29 is 28.5 Å². The first-order chi connectivity index (χ1) is 24.5. The van der Waals surface area contributed by atoms with Crippen molar-refractivity contribution >= 4 is 33.5 Å². The zero-order chi connectivity index (χ0) is 34.5. The minimum absolute atomic E-state index is 0.125. The van der Waals surface area contributed by atoms with Crippen LogP contribution in [0.15, 0.2) is 73.2 Å². The van der Waals surface area contributed by atoms with E-state index < -0.39 is 5.97 Å². The highest BCUT2D eigenvalue weighted by atomic mass is 16.5. The largest absolute Gasteiger partial charge is 0.474 e. The van der Waals surface area contributed by atoms with Crippen molar-refractivity contribution in [3.05, 3.63) is 84.3 Å². The Bertz CT molecular complexity index is 1990. The fourth-order valence-corrected chi connectivity index (χ4v) is 6.56. The molecule has 1 saturated heterocycles. The summed E-state index contributed by atoms with van der Waals surface area (Å²) in [6.45, 7) is 4.12. The zero-order valence-corrected chi connectivity index (χ0v) is 28.4. The quantitative estimate of drug-likeness (QED) is 0.0954. The molecule has 11 nitrogen and oxygen atoms in total. The summed E-state index contributed by atoms with van der Waals surface area (Å²) < 4.78 is 30.8. The molecule has 258 valence electrons. The van der Waals surface area contributed by atoms with Gasteiger partial charge in [0.15, 0.2) is 0 Å². The highest BCUT2D eigenvalue weighted by Gasteiger charge is 2.32. The van der Waals surface area contributed by atoms with Crippen LogP contribution in [0.3, 0.4) is 0 Å². The SMILES string of the molecule is COC(=O)c1ccc(N2CC(OCCCOCCCO[C@H]3C[C@H](Oc4ccc(-c5ccc6c7cnccc7n(C)c6c5)cn4)C3)C2)cc1C#N. The number of anilines is 1. The fraction of sp³-hybridized carbons (Fsp3) is 0.385. The van der Waals surface area contributed by atoms with Gasteiger partial charge < -0.3 is 33.2 Å². The standard InChI is InChI=1S/C39H41N5O6/c1-43-36-11-12-41-23-35(36)34-8-5-26(18-37(34)43)27-6-10-38(42-22-27)50-31-19-30(20-31)48-15-3-13-47-14-4-16-49-32-24-44(25-32)29-7-9-33(39(45)46-2)28(17-29)21-40/h5-12,17-18,22-23,30-32H,3-4,13-16,19-20,24-25H2,1-2H3/t30-,31-. The molecule has 3 aromatic heterocycles. The Kier molecular flexibility index (Phi) is 10.2. The molecule has 0 unspecified atom stereocenters. The van der Waals surface area contributed by atoms with Crippen molar-refractivity contribution in [3.8, 4) is 23.1 Å². The van der Waals surface area contributed by atoms with Crippen LogP contribution in [-0.2, 0) is 26.0 Å². The van der Waals surface area contributed by atoms with Crippen molar-refractivity contribution in [2.75, 3.05) is 51.5 Å². The number of aryl methyl sites for hydroxylation is 1. The number of carbonyl (C=O) groups excluding carboxylic acids is 1. The third kappa shape index (κ3) is 7.28. The van der Waals surface area contributed by atoms with Gasteiger partial charge in [0.1, 0.15) is 12.2 Å². The Balaban J connectivity index is 0.726. The number of methoxy groups -OCH3 is 1. The summed E-state index contributed by atoms with van der Waals surface area (Å²) in [5.74, 6) is 0.134. The minimum atomic E-state index is -0.507. The van der Waals surface area contributed by atoms with Gasteiger partial charge >= 0.3 is 5.97 Å². The van der Waals surface area contributed by atoms with Gasteiger partial charge in [0.05, 0.1) is 36.0 Å². The summed E-state index contributed by atoms with van der Waals surface area (Å²) in [7, 11) is 3.40. The maximum atomic E-state index is 11.8. The molecule has 0 bridgehead atoms. The Morgan fingerprint density at radius 2 is 1.64 bits per heavy atom. The number of rotatable bonds is 15. The Morgan fingerprint density at radius 1 is 0.860 bits per heavy atom. The van der Waals surface area contributed by atoms with Crippen molar-refractivity contribution in [2.24, 2.45) is 7.05 Å². The third-order valence-electron chi connectivity index (χ3n) is 9.53. The number of ether oxygens (including phenoxy) is 5. The molecule has 0 spiro atoms. The van der Waals surface area contributed by atoms with Crippen LogP contribution >= 0.6 is 0 Å². The lowest BCUT2D eigenvalue weighted by atomic mass is 9.92. The summed E-state index contributed by atoms with van der Waals surface area (Å²) in [4.78, 5) is 22.8. The van der Waals surface area contributed by atoms with E-state index in [1.807, 2.05) is 36.8 Å². The maximum Gasteiger partial charge on any atom is 0.339 e. The third-order valence-corrected chi connectivity index (χ3v) is 9.53. The van der Waals surface area contributed by atoms with E-state index in [0.717, 1.165) is 61.0 Å². The predicted molar refractivity (Wildman–Crippen MR) is 189 cm³/mol. The van der Waals surface area contributed by atoms with E-state index in [0.29, 0.717) is 37.9 Å². The number of aromatic nitrogens is 3. The van der Waals surface area contributed by atoms with E-state index in [1.165, 1.54) is 23.5 Å². The first kappa shape index (κ1) is 33.5. The molecule has 0 amide bonds. The molecule has 0 N–H and O–H groups in total. The van der Waals surface area contributed by atoms with Gasteiger partial charge in [0.2, 0.25) is 5.88 Å². The van der Waals surface area contributed by atoms with Crippen LogP contribution in [0, 0.1) is 11.3 Å². The second-order valence-corrected chi connectivity index (χ2v) is 12.8. The molecule has 50 heavy (non-hydrogen) atoms. The number of pyridine rings is 2. The molecule has 11 heteroatoms. The average molecular weight is 676 g/mol. The topological polar surface area (TPSA) is 121 Å². The maximum absolute atomic E-state index is 11.8. The van der Waals surface area contributed by atoms with Gasteiger partial charge in [-0.15, -0.1) is 0 Å². The van der Waals surface area contributed by atoms with Crippen molar-refractivity contribution in [2.45, 2.75) is 44.0 Å². The molecule has 1 saturated carbocycles. The number of esters is 1. The van der Waals surface area contributed by atoms with Gasteiger partial charge in [-0.3, -0.25) is 4.98 Å². The molecule has 2 aliphatic rings. The van der Waals surface area contributed by atoms with Crippen LogP contribution in [0.1, 0.15) is 41.6 Å². The lowest BCUT2D eigenvalue weighted by Crippen LogP contribution is -2.52. The monoisotopic (exact) mass is 675 g/mol. The van der Waals surface area contributed by atoms with E-state index >= 15 is 0 Å². The second-order valence-electron chi connectivity index (χ2n) is 12.8. The van der Waals surface area contributed by atoms with Crippen LogP contribution in [0.4, 0.5) is 5.69 Å². The average Bonchev–Trinajstić information content (AvgIpc) is 3.40. The molecule has 5 aromatic rings. The molecule has 1 aliphatic heterocycles. The summed E-state index contributed by atoms with van der Waals surface area (Å²) in [6, 6.07) is 19.8. The number of hydrogen-bond donors (Lipinski definition) is 0. The fourth-order valence-electron chi connectivity index (χ4n) is 6.56. The van der Waals surface area contributed by atoms with Crippen molar-refractivity contribution in [3.63, 3.8) is 0 Å². The molecule has 7 rings (SSSR count). The predicted octanol–water partition coefficient (Wildman–Crippen LogP) is 6.08. The van der Waals surface area contributed by atoms with Crippen molar-refractivity contribution in [1.29, 1.82) is 5.26 Å². The van der Waals surface area contributed by atoms with E-state index in [2.05, 4.69) is 56.8 Å². The normalized spacial score (nSPS) is 17.3. The van der Waals surface area contributed by atoms with Crippen molar-refractivity contribution in [1.82, 2.24) is 14.5 Å². The van der Waals surface area contributed by atoms with Gasteiger partial charge in [-0.1, -0.05) is 12.1 Å². The molecule has 1 aliphatic carbocycles. The highest BCUT2D eigenvalue weighted by Crippen LogP contribution is 2.32. The van der Waals surface area contributed by atoms with Crippen LogP contribution < -0.4 is 9.64 Å². The Labute approximate surface area is 291 Å². The number of nitriles is 1. The molecule has 0 atom stereocenters. The number of fused-ring (bicyclic) bond motifs is 3. The summed E-state index contributed by atoms with van der Waals surface area (Å²) in [5, 5.41) is 11.7. The van der Waals surface area contributed by atoms with Crippen LogP contribution in [0.25, 0.3) is 32.9 Å². The van der Waals surface area contributed by atoms with E-state index in [1.54, 1.807) is 12.1 Å². The lowest BCUT2D eigenvalue weighted by molar-refractivity contribution is -0.0664. The van der Waals surface area contributed by atoms with Gasteiger partial charge in [-0.05, 0) is 54.8 Å². The lowest BCUT2D eigenvalue weighted by Gasteiger charge is -2.40. The Hall–Kier alpha value is -5.02. The molecular formula is C39H41N5O6. The van der Waals surface area contributed by atoms with Gasteiger partial charge in [0.25, 0.3) is 0 Å². The number of nitrogens with zero attached hydrogens (tertiary/aromatic N) is 5. The summed E-state index contributed by atoms with van der Waals surface area (Å²) >= 11 is 0. The first-order valence-electron chi connectivity index (χ1n) is 17.1. The van der Waals surface area contributed by atoms with E-state index in [9.17, 15) is 10.1 Å². The zero-order valence-electron chi connectivity index (χ0n) is 28.4. The minimum Gasteiger partial charge on any atom is -0.474 e. The van der Waals surface area contributed by atoms with Gasteiger partial charge in [0, 0.05) is 112 Å². The molecule has 2 aromatic carbocycles. The number of carbonyl (C=O) groups is 1. The number of benzene rings is 2. The Morgan fingerprint density at radius 3 is 2.38 bits per heavy atom. The number of hydrogen-bond acceptors (Lipinski definition) is 10. The summed E-state index contributed by atoms with van der Waals surface area (Å²) in [6.07, 6.45) is 9.54. The van der Waals surface area contributed by atoms with Gasteiger partial charge in [-0.25, -0.2) is 9.78 Å². The van der Waals surface area contributed by atoms with E-state index in [-0.39, 0.29) is 23.9 Å². The van der Waals surface area contributed by atoms with Crippen LogP contribution in [-0.4, -0.2) is 85.4 Å². The highest BCUT2D eigenvalue weighted by molar-refractivity contribution is 6.08. The molecule has 4 heterocycles. The van der Waals surface area contributed by atoms with E-state index in [4.69, 9.17) is 23.7 Å². The smallest absolute Gasteiger partial charge is 0.339 e. The summed E-state index contributed by atoms with van der Waals surface area (Å²) in [5.41, 5.74) is 6.00. The first-order valence-corrected chi connectivity index (χ1v) is 17.1. The van der Waals surface area contributed by atoms with Crippen LogP contribution in [0.5, 0.6) is 5.88 Å². The van der Waals surface area contributed by atoms with Crippen LogP contribution in [0.2, 0.25) is 0 Å². The molecule has 0 radical (unpaired) electrons. The molecular weight excluding hydrogens is 634 g/mol. The molecule has 2 fully saturated rings.